The van der Waals surface area contributed by atoms with Crippen LogP contribution in [0, 0.1) is 6.92 Å². The van der Waals surface area contributed by atoms with E-state index in [4.69, 9.17) is 0 Å². The van der Waals surface area contributed by atoms with Crippen molar-refractivity contribution in [3.8, 4) is 0 Å². The second-order valence-electron chi connectivity index (χ2n) is 4.94. The van der Waals surface area contributed by atoms with Crippen molar-refractivity contribution in [2.24, 2.45) is 0 Å². The minimum atomic E-state index is -0.0412. The Morgan fingerprint density at radius 3 is 3.00 bits per heavy atom. The lowest BCUT2D eigenvalue weighted by atomic mass is 10.1. The lowest BCUT2D eigenvalue weighted by Gasteiger charge is -2.28. The van der Waals surface area contributed by atoms with E-state index in [1.807, 2.05) is 17.9 Å². The number of hydrogen-bond acceptors (Lipinski definition) is 3. The van der Waals surface area contributed by atoms with Gasteiger partial charge in [-0.1, -0.05) is 12.8 Å². The number of aryl methyl sites for hydroxylation is 1. The maximum atomic E-state index is 12.4. The van der Waals surface area contributed by atoms with Gasteiger partial charge in [0.1, 0.15) is 0 Å². The van der Waals surface area contributed by atoms with E-state index in [0.717, 1.165) is 37.8 Å². The number of amides is 1. The lowest BCUT2D eigenvalue weighted by molar-refractivity contribution is 0.0599. The van der Waals surface area contributed by atoms with Crippen LogP contribution in [-0.2, 0) is 0 Å². The van der Waals surface area contributed by atoms with Gasteiger partial charge in [-0.2, -0.15) is 0 Å². The van der Waals surface area contributed by atoms with Crippen molar-refractivity contribution in [3.05, 3.63) is 29.6 Å². The van der Waals surface area contributed by atoms with Gasteiger partial charge in [0.2, 0.25) is 0 Å². The van der Waals surface area contributed by atoms with E-state index in [2.05, 4.69) is 4.98 Å². The average Bonchev–Trinajstić information content (AvgIpc) is 2.62. The molecule has 1 N–H and O–H groups in total. The summed E-state index contributed by atoms with van der Waals surface area (Å²) in [7, 11) is 0. The van der Waals surface area contributed by atoms with E-state index in [1.54, 1.807) is 12.4 Å². The van der Waals surface area contributed by atoms with Crippen LogP contribution in [-0.4, -0.2) is 40.1 Å². The van der Waals surface area contributed by atoms with Gasteiger partial charge in [0.15, 0.2) is 0 Å². The average molecular weight is 248 g/mol. The lowest BCUT2D eigenvalue weighted by Crippen LogP contribution is -2.42. The summed E-state index contributed by atoms with van der Waals surface area (Å²) in [6.45, 7) is 2.71. The molecule has 4 nitrogen and oxygen atoms in total. The van der Waals surface area contributed by atoms with Gasteiger partial charge in [-0.3, -0.25) is 9.78 Å². The maximum absolute atomic E-state index is 12.4. The summed E-state index contributed by atoms with van der Waals surface area (Å²) >= 11 is 0. The molecule has 1 aliphatic rings. The van der Waals surface area contributed by atoms with Gasteiger partial charge in [0.05, 0.1) is 18.2 Å². The molecule has 1 aromatic rings. The molecule has 0 saturated carbocycles. The summed E-state index contributed by atoms with van der Waals surface area (Å²) in [5.74, 6) is -0.00727. The van der Waals surface area contributed by atoms with E-state index < -0.39 is 0 Å². The number of aliphatic hydroxyl groups excluding tert-OH is 1. The van der Waals surface area contributed by atoms with E-state index in [0.29, 0.717) is 5.56 Å². The second-order valence-corrected chi connectivity index (χ2v) is 4.94. The van der Waals surface area contributed by atoms with E-state index >= 15 is 0 Å². The number of carbonyl (C=O) groups excluding carboxylic acids is 1. The molecule has 0 aromatic carbocycles. The van der Waals surface area contributed by atoms with E-state index in [1.165, 1.54) is 0 Å². The molecule has 1 aromatic heterocycles. The fraction of sp³-hybridized carbons (Fsp3) is 0.571. The van der Waals surface area contributed by atoms with Crippen LogP contribution in [0.3, 0.4) is 0 Å². The summed E-state index contributed by atoms with van der Waals surface area (Å²) in [4.78, 5) is 18.3. The Balaban J connectivity index is 2.19. The van der Waals surface area contributed by atoms with Gasteiger partial charge < -0.3 is 10.0 Å². The van der Waals surface area contributed by atoms with Crippen molar-refractivity contribution < 1.29 is 9.90 Å². The highest BCUT2D eigenvalue weighted by atomic mass is 16.3. The van der Waals surface area contributed by atoms with Gasteiger partial charge in [0, 0.05) is 18.9 Å². The Labute approximate surface area is 108 Å². The Hall–Kier alpha value is -1.42. The highest BCUT2D eigenvalue weighted by Gasteiger charge is 2.25. The molecule has 4 heteroatoms. The minimum Gasteiger partial charge on any atom is -0.394 e. The van der Waals surface area contributed by atoms with Crippen molar-refractivity contribution in [3.63, 3.8) is 0 Å². The summed E-state index contributed by atoms with van der Waals surface area (Å²) < 4.78 is 0. The molecule has 18 heavy (non-hydrogen) atoms. The van der Waals surface area contributed by atoms with Gasteiger partial charge in [-0.05, 0) is 31.4 Å². The molecule has 0 bridgehead atoms. The molecule has 1 amide bonds. The molecule has 2 heterocycles. The van der Waals surface area contributed by atoms with Crippen LogP contribution in [0.2, 0.25) is 0 Å². The SMILES string of the molecule is Cc1cncc(C(=O)N2CCCCCC2CO)c1. The first-order chi connectivity index (χ1) is 8.72. The number of aromatic nitrogens is 1. The zero-order valence-corrected chi connectivity index (χ0v) is 10.8. The predicted molar refractivity (Wildman–Crippen MR) is 69.4 cm³/mol. The molecular formula is C14H20N2O2. The van der Waals surface area contributed by atoms with Crippen molar-refractivity contribution in [2.45, 2.75) is 38.6 Å². The number of pyridine rings is 1. The Bertz CT molecular complexity index is 420. The minimum absolute atomic E-state index is 0.00727. The highest BCUT2D eigenvalue weighted by Crippen LogP contribution is 2.19. The molecule has 0 aliphatic carbocycles. The standard InChI is InChI=1S/C14H20N2O2/c1-11-7-12(9-15-8-11)14(18)16-6-4-2-3-5-13(16)10-17/h7-9,13,17H,2-6,10H2,1H3. The van der Waals surface area contributed by atoms with Crippen molar-refractivity contribution in [2.75, 3.05) is 13.2 Å². The third-order valence-electron chi connectivity index (χ3n) is 3.47. The molecule has 1 atom stereocenters. The quantitative estimate of drug-likeness (QED) is 0.867. The molecule has 1 saturated heterocycles. The molecule has 1 aliphatic heterocycles. The van der Waals surface area contributed by atoms with E-state index in [-0.39, 0.29) is 18.6 Å². The van der Waals surface area contributed by atoms with Gasteiger partial charge >= 0.3 is 0 Å². The van der Waals surface area contributed by atoms with Crippen molar-refractivity contribution in [1.82, 2.24) is 9.88 Å². The zero-order valence-electron chi connectivity index (χ0n) is 10.8. The van der Waals surface area contributed by atoms with Crippen LogP contribution in [0.25, 0.3) is 0 Å². The van der Waals surface area contributed by atoms with Gasteiger partial charge in [-0.15, -0.1) is 0 Å². The monoisotopic (exact) mass is 248 g/mol. The topological polar surface area (TPSA) is 53.4 Å². The fourth-order valence-corrected chi connectivity index (χ4v) is 2.47. The number of carbonyl (C=O) groups is 1. The maximum Gasteiger partial charge on any atom is 0.255 e. The third kappa shape index (κ3) is 2.88. The normalized spacial score (nSPS) is 20.6. The van der Waals surface area contributed by atoms with Gasteiger partial charge in [-0.25, -0.2) is 0 Å². The molecule has 98 valence electrons. The number of hydrogen-bond donors (Lipinski definition) is 1. The van der Waals surface area contributed by atoms with Crippen LogP contribution in [0.15, 0.2) is 18.5 Å². The molecule has 2 rings (SSSR count). The van der Waals surface area contributed by atoms with Crippen LogP contribution in [0.1, 0.15) is 41.6 Å². The number of likely N-dealkylation sites (tertiary alicyclic amines) is 1. The summed E-state index contributed by atoms with van der Waals surface area (Å²) in [5.41, 5.74) is 1.60. The summed E-state index contributed by atoms with van der Waals surface area (Å²) in [5, 5.41) is 9.43. The Kier molecular flexibility index (Phi) is 4.31. The van der Waals surface area contributed by atoms with Crippen LogP contribution >= 0.6 is 0 Å². The molecule has 0 radical (unpaired) electrons. The Morgan fingerprint density at radius 1 is 1.44 bits per heavy atom. The van der Waals surface area contributed by atoms with Crippen molar-refractivity contribution >= 4 is 5.91 Å². The van der Waals surface area contributed by atoms with Crippen molar-refractivity contribution in [1.29, 1.82) is 0 Å². The molecule has 1 unspecified atom stereocenters. The fourth-order valence-electron chi connectivity index (χ4n) is 2.47. The van der Waals surface area contributed by atoms with E-state index in [9.17, 15) is 9.90 Å². The molecular weight excluding hydrogens is 228 g/mol. The first kappa shape index (κ1) is 13.0. The van der Waals surface area contributed by atoms with Gasteiger partial charge in [0.25, 0.3) is 5.91 Å². The summed E-state index contributed by atoms with van der Waals surface area (Å²) in [6, 6.07) is 1.81. The number of rotatable bonds is 2. The second kappa shape index (κ2) is 5.96. The summed E-state index contributed by atoms with van der Waals surface area (Å²) in [6.07, 6.45) is 7.47. The molecule has 0 spiro atoms. The highest BCUT2D eigenvalue weighted by molar-refractivity contribution is 5.94. The number of nitrogens with zero attached hydrogens (tertiary/aromatic N) is 2. The third-order valence-corrected chi connectivity index (χ3v) is 3.47. The smallest absolute Gasteiger partial charge is 0.255 e. The zero-order chi connectivity index (χ0) is 13.0. The first-order valence-corrected chi connectivity index (χ1v) is 6.56. The largest absolute Gasteiger partial charge is 0.394 e. The Morgan fingerprint density at radius 2 is 2.28 bits per heavy atom. The van der Waals surface area contributed by atoms with Crippen LogP contribution < -0.4 is 0 Å². The van der Waals surface area contributed by atoms with Crippen LogP contribution in [0.4, 0.5) is 0 Å². The molecule has 1 fully saturated rings. The first-order valence-electron chi connectivity index (χ1n) is 6.56. The van der Waals surface area contributed by atoms with Crippen LogP contribution in [0.5, 0.6) is 0 Å². The number of aliphatic hydroxyl groups is 1. The predicted octanol–water partition coefficient (Wildman–Crippen LogP) is 1.77.